The van der Waals surface area contributed by atoms with Gasteiger partial charge >= 0.3 is 0 Å². The number of aliphatic hydroxyl groups is 2. The van der Waals surface area contributed by atoms with E-state index >= 15 is 0 Å². The summed E-state index contributed by atoms with van der Waals surface area (Å²) in [5, 5.41) is 19.2. The van der Waals surface area contributed by atoms with E-state index in [1.165, 1.54) is 0 Å². The van der Waals surface area contributed by atoms with Crippen LogP contribution in [0.3, 0.4) is 0 Å². The molecule has 1 rings (SSSR count). The van der Waals surface area contributed by atoms with Gasteiger partial charge in [-0.1, -0.05) is 0 Å². The number of β-amino-alcohol motifs (C(OH)–C–C–N with tert-alkyl or cyclic N) is 2. The Morgan fingerprint density at radius 2 is 2.25 bits per heavy atom. The lowest BCUT2D eigenvalue weighted by Crippen LogP contribution is -2.43. The molecule has 1 unspecified atom stereocenters. The average molecular weight is 233 g/mol. The molecule has 2 atom stereocenters. The Balaban J connectivity index is 2.06. The number of piperidine rings is 1. The normalized spacial score (nSPS) is 24.6. The van der Waals surface area contributed by atoms with Gasteiger partial charge in [0.2, 0.25) is 0 Å². The average Bonchev–Trinajstić information content (AvgIpc) is 2.24. The number of hydrogen-bond donors (Lipinski definition) is 2. The van der Waals surface area contributed by atoms with Gasteiger partial charge in [0.25, 0.3) is 0 Å². The maximum Gasteiger partial charge on any atom is 0.0900 e. The van der Waals surface area contributed by atoms with Crippen molar-refractivity contribution >= 4 is 0 Å². The van der Waals surface area contributed by atoms with E-state index in [2.05, 4.69) is 4.90 Å². The van der Waals surface area contributed by atoms with Gasteiger partial charge < -0.3 is 19.7 Å². The van der Waals surface area contributed by atoms with Gasteiger partial charge in [0, 0.05) is 20.2 Å². The molecule has 1 saturated heterocycles. The number of methoxy groups -OCH3 is 1. The fourth-order valence-electron chi connectivity index (χ4n) is 1.91. The fraction of sp³-hybridized carbons (Fsp3) is 1.00. The summed E-state index contributed by atoms with van der Waals surface area (Å²) in [5.74, 6) is 0. The third-order valence-electron chi connectivity index (χ3n) is 2.69. The molecule has 2 N–H and O–H groups in total. The van der Waals surface area contributed by atoms with Gasteiger partial charge in [0.05, 0.1) is 32.0 Å². The highest BCUT2D eigenvalue weighted by atomic mass is 16.5. The minimum atomic E-state index is -0.484. The molecule has 0 aromatic heterocycles. The van der Waals surface area contributed by atoms with Crippen molar-refractivity contribution in [2.24, 2.45) is 0 Å². The molecule has 0 saturated carbocycles. The van der Waals surface area contributed by atoms with Gasteiger partial charge in [0.1, 0.15) is 0 Å². The van der Waals surface area contributed by atoms with Crippen LogP contribution in [0.4, 0.5) is 0 Å². The Labute approximate surface area is 97.0 Å². The van der Waals surface area contributed by atoms with E-state index in [4.69, 9.17) is 9.47 Å². The summed E-state index contributed by atoms with van der Waals surface area (Å²) in [5.41, 5.74) is 0. The van der Waals surface area contributed by atoms with Gasteiger partial charge in [-0.05, 0) is 19.4 Å². The number of likely N-dealkylation sites (tertiary alicyclic amines) is 1. The van der Waals surface area contributed by atoms with Crippen molar-refractivity contribution in [1.82, 2.24) is 4.90 Å². The van der Waals surface area contributed by atoms with Crippen molar-refractivity contribution < 1.29 is 19.7 Å². The van der Waals surface area contributed by atoms with E-state index in [1.807, 2.05) is 0 Å². The first-order valence-electron chi connectivity index (χ1n) is 5.87. The van der Waals surface area contributed by atoms with E-state index in [9.17, 15) is 10.2 Å². The second-order valence-electron chi connectivity index (χ2n) is 4.28. The smallest absolute Gasteiger partial charge is 0.0900 e. The van der Waals surface area contributed by atoms with Crippen LogP contribution in [0.25, 0.3) is 0 Å². The molecule has 1 heterocycles. The van der Waals surface area contributed by atoms with E-state index in [0.717, 1.165) is 19.4 Å². The summed E-state index contributed by atoms with van der Waals surface area (Å²) < 4.78 is 10.1. The standard InChI is InChI=1S/C11H23NO4/c1-15-5-6-16-9-11(14)8-12-4-2-3-10(13)7-12/h10-11,13-14H,2-9H2,1H3/t10-,11?/m0/s1. The zero-order chi connectivity index (χ0) is 11.8. The minimum absolute atomic E-state index is 0.240. The number of hydrogen-bond acceptors (Lipinski definition) is 5. The lowest BCUT2D eigenvalue weighted by molar-refractivity contribution is -0.0135. The molecule has 96 valence electrons. The Kier molecular flexibility index (Phi) is 6.91. The molecule has 1 aliphatic rings. The van der Waals surface area contributed by atoms with Gasteiger partial charge in [0.15, 0.2) is 0 Å². The first-order valence-corrected chi connectivity index (χ1v) is 5.87. The molecule has 0 aromatic carbocycles. The van der Waals surface area contributed by atoms with Gasteiger partial charge in [-0.2, -0.15) is 0 Å². The molecule has 0 radical (unpaired) electrons. The highest BCUT2D eigenvalue weighted by molar-refractivity contribution is 4.73. The van der Waals surface area contributed by atoms with Crippen molar-refractivity contribution in [2.45, 2.75) is 25.0 Å². The van der Waals surface area contributed by atoms with Crippen molar-refractivity contribution in [1.29, 1.82) is 0 Å². The van der Waals surface area contributed by atoms with E-state index in [0.29, 0.717) is 32.9 Å². The lowest BCUT2D eigenvalue weighted by atomic mass is 10.1. The van der Waals surface area contributed by atoms with Crippen molar-refractivity contribution in [3.63, 3.8) is 0 Å². The highest BCUT2D eigenvalue weighted by Crippen LogP contribution is 2.09. The molecule has 0 aromatic rings. The summed E-state index contributed by atoms with van der Waals surface area (Å²) in [6.45, 7) is 3.58. The van der Waals surface area contributed by atoms with Crippen LogP contribution in [-0.4, -0.2) is 73.9 Å². The molecule has 0 bridgehead atoms. The lowest BCUT2D eigenvalue weighted by Gasteiger charge is -2.31. The summed E-state index contributed by atoms with van der Waals surface area (Å²) in [6, 6.07) is 0. The quantitative estimate of drug-likeness (QED) is 0.579. The Morgan fingerprint density at radius 1 is 1.44 bits per heavy atom. The zero-order valence-electron chi connectivity index (χ0n) is 9.97. The third-order valence-corrected chi connectivity index (χ3v) is 2.69. The van der Waals surface area contributed by atoms with Crippen molar-refractivity contribution in [3.05, 3.63) is 0 Å². The number of nitrogens with zero attached hydrogens (tertiary/aromatic N) is 1. The topological polar surface area (TPSA) is 62.2 Å². The Morgan fingerprint density at radius 3 is 2.94 bits per heavy atom. The fourth-order valence-corrected chi connectivity index (χ4v) is 1.91. The third kappa shape index (κ3) is 5.77. The molecule has 1 fully saturated rings. The summed E-state index contributed by atoms with van der Waals surface area (Å²) in [6.07, 6.45) is 1.15. The van der Waals surface area contributed by atoms with E-state index in [-0.39, 0.29) is 6.10 Å². The number of ether oxygens (including phenoxy) is 2. The molecular formula is C11H23NO4. The first-order chi connectivity index (χ1) is 7.72. The van der Waals surface area contributed by atoms with Gasteiger partial charge in [-0.15, -0.1) is 0 Å². The Bertz CT molecular complexity index is 179. The molecule has 0 aliphatic carbocycles. The second-order valence-corrected chi connectivity index (χ2v) is 4.28. The monoisotopic (exact) mass is 233 g/mol. The second kappa shape index (κ2) is 7.97. The summed E-state index contributed by atoms with van der Waals surface area (Å²) in [4.78, 5) is 2.08. The van der Waals surface area contributed by atoms with E-state index in [1.54, 1.807) is 7.11 Å². The zero-order valence-corrected chi connectivity index (χ0v) is 9.97. The van der Waals surface area contributed by atoms with Gasteiger partial charge in [-0.25, -0.2) is 0 Å². The maximum absolute atomic E-state index is 9.70. The Hall–Kier alpha value is -0.200. The molecule has 0 amide bonds. The van der Waals surface area contributed by atoms with Crippen molar-refractivity contribution in [3.8, 4) is 0 Å². The van der Waals surface area contributed by atoms with Crippen LogP contribution in [0.2, 0.25) is 0 Å². The van der Waals surface area contributed by atoms with Crippen LogP contribution in [0.15, 0.2) is 0 Å². The van der Waals surface area contributed by atoms with Crippen molar-refractivity contribution in [2.75, 3.05) is 46.6 Å². The van der Waals surface area contributed by atoms with Crippen LogP contribution in [0, 0.1) is 0 Å². The van der Waals surface area contributed by atoms with Gasteiger partial charge in [-0.3, -0.25) is 4.90 Å². The van der Waals surface area contributed by atoms with Crippen LogP contribution < -0.4 is 0 Å². The minimum Gasteiger partial charge on any atom is -0.392 e. The molecule has 5 nitrogen and oxygen atoms in total. The van der Waals surface area contributed by atoms with Crippen LogP contribution >= 0.6 is 0 Å². The number of aliphatic hydroxyl groups excluding tert-OH is 2. The largest absolute Gasteiger partial charge is 0.392 e. The predicted octanol–water partition coefficient (Wildman–Crippen LogP) is -0.533. The number of rotatable bonds is 7. The highest BCUT2D eigenvalue weighted by Gasteiger charge is 2.19. The molecule has 16 heavy (non-hydrogen) atoms. The van der Waals surface area contributed by atoms with Crippen LogP contribution in [0.5, 0.6) is 0 Å². The van der Waals surface area contributed by atoms with Crippen LogP contribution in [-0.2, 0) is 9.47 Å². The first kappa shape index (κ1) is 13.9. The SMILES string of the molecule is COCCOCC(O)CN1CCC[C@H](O)C1. The molecule has 1 aliphatic heterocycles. The molecule has 0 spiro atoms. The maximum atomic E-state index is 9.70. The summed E-state index contributed by atoms with van der Waals surface area (Å²) in [7, 11) is 1.62. The van der Waals surface area contributed by atoms with E-state index < -0.39 is 6.10 Å². The molecule has 5 heteroatoms. The predicted molar refractivity (Wildman–Crippen MR) is 60.4 cm³/mol. The van der Waals surface area contributed by atoms with Crippen LogP contribution in [0.1, 0.15) is 12.8 Å². The molecular weight excluding hydrogens is 210 g/mol. The summed E-state index contributed by atoms with van der Waals surface area (Å²) >= 11 is 0.